The Hall–Kier alpha value is -1.97. The number of anilines is 1. The van der Waals surface area contributed by atoms with E-state index in [0.717, 1.165) is 14.6 Å². The van der Waals surface area contributed by atoms with Crippen molar-refractivity contribution in [3.8, 4) is 11.5 Å². The molecule has 2 heterocycles. The highest BCUT2D eigenvalue weighted by Crippen LogP contribution is 2.34. The third kappa shape index (κ3) is 4.05. The van der Waals surface area contributed by atoms with Gasteiger partial charge in [-0.25, -0.2) is 13.4 Å². The van der Waals surface area contributed by atoms with Gasteiger partial charge < -0.3 is 9.47 Å². The number of fused-ring (bicyclic) bond motifs is 2. The average molecular weight is 409 g/mol. The Labute approximate surface area is 159 Å². The van der Waals surface area contributed by atoms with Crippen LogP contribution in [0.3, 0.4) is 0 Å². The van der Waals surface area contributed by atoms with Gasteiger partial charge in [0, 0.05) is 11.8 Å². The number of aromatic nitrogens is 1. The number of hydrogen-bond donors (Lipinski definition) is 1. The highest BCUT2D eigenvalue weighted by atomic mass is 32.2. The topological polar surface area (TPSA) is 77.5 Å². The molecule has 9 heteroatoms. The highest BCUT2D eigenvalue weighted by molar-refractivity contribution is 8.01. The zero-order chi connectivity index (χ0) is 18.0. The lowest BCUT2D eigenvalue weighted by Crippen LogP contribution is -2.17. The smallest absolute Gasteiger partial charge is 0.232 e. The molecule has 0 saturated heterocycles. The number of sulfonamides is 1. The molecule has 0 atom stereocenters. The Morgan fingerprint density at radius 1 is 1.15 bits per heavy atom. The van der Waals surface area contributed by atoms with Gasteiger partial charge in [-0.2, -0.15) is 0 Å². The van der Waals surface area contributed by atoms with E-state index in [2.05, 4.69) is 9.71 Å². The Morgan fingerprint density at radius 3 is 2.88 bits per heavy atom. The van der Waals surface area contributed by atoms with Crippen LogP contribution in [0.1, 0.15) is 6.42 Å². The van der Waals surface area contributed by atoms with E-state index >= 15 is 0 Å². The third-order valence-corrected chi connectivity index (χ3v) is 7.34. The Kier molecular flexibility index (Phi) is 4.92. The van der Waals surface area contributed by atoms with Crippen molar-refractivity contribution in [3.05, 3.63) is 42.5 Å². The van der Waals surface area contributed by atoms with E-state index in [4.69, 9.17) is 9.47 Å². The van der Waals surface area contributed by atoms with Gasteiger partial charge in [-0.05, 0) is 30.7 Å². The van der Waals surface area contributed by atoms with Crippen LogP contribution in [0.5, 0.6) is 11.5 Å². The first-order valence-corrected chi connectivity index (χ1v) is 11.4. The predicted octanol–water partition coefficient (Wildman–Crippen LogP) is 3.95. The van der Waals surface area contributed by atoms with Crippen molar-refractivity contribution >= 4 is 49.0 Å². The van der Waals surface area contributed by atoms with E-state index in [9.17, 15) is 8.42 Å². The minimum atomic E-state index is -3.41. The molecule has 0 fully saturated rings. The van der Waals surface area contributed by atoms with Gasteiger partial charge in [0.1, 0.15) is 0 Å². The molecule has 6 nitrogen and oxygen atoms in total. The second-order valence-corrected chi connectivity index (χ2v) is 9.85. The summed E-state index contributed by atoms with van der Waals surface area (Å²) in [5, 5.41) is 0. The molecule has 1 N–H and O–H groups in total. The van der Waals surface area contributed by atoms with E-state index < -0.39 is 10.0 Å². The minimum Gasteiger partial charge on any atom is -0.454 e. The first kappa shape index (κ1) is 17.4. The fourth-order valence-corrected chi connectivity index (χ4v) is 5.89. The molecular weight excluding hydrogens is 392 g/mol. The molecule has 4 rings (SSSR count). The molecule has 0 radical (unpaired) electrons. The highest BCUT2D eigenvalue weighted by Gasteiger charge is 2.16. The third-order valence-electron chi connectivity index (χ3n) is 3.70. The van der Waals surface area contributed by atoms with Gasteiger partial charge in [0.15, 0.2) is 15.8 Å². The lowest BCUT2D eigenvalue weighted by Gasteiger charge is -2.08. The maximum Gasteiger partial charge on any atom is 0.232 e. The van der Waals surface area contributed by atoms with Gasteiger partial charge in [-0.15, -0.1) is 11.3 Å². The monoisotopic (exact) mass is 408 g/mol. The zero-order valence-electron chi connectivity index (χ0n) is 13.7. The van der Waals surface area contributed by atoms with Crippen LogP contribution in [0.4, 0.5) is 5.69 Å². The first-order chi connectivity index (χ1) is 12.6. The SMILES string of the molecule is O=S(=O)(CCCSc1nc2ccccc2s1)Nc1ccc2c(c1)OCO2. The van der Waals surface area contributed by atoms with E-state index in [-0.39, 0.29) is 12.5 Å². The molecule has 0 unspecified atom stereocenters. The lowest BCUT2D eigenvalue weighted by atomic mass is 10.3. The van der Waals surface area contributed by atoms with Crippen LogP contribution in [0, 0.1) is 0 Å². The van der Waals surface area contributed by atoms with Crippen molar-refractivity contribution in [3.63, 3.8) is 0 Å². The molecule has 136 valence electrons. The molecule has 3 aromatic rings. The Bertz CT molecular complexity index is 1000. The number of para-hydroxylation sites is 1. The zero-order valence-corrected chi connectivity index (χ0v) is 16.1. The van der Waals surface area contributed by atoms with Crippen LogP contribution in [-0.2, 0) is 10.0 Å². The van der Waals surface area contributed by atoms with Gasteiger partial charge in [0.2, 0.25) is 16.8 Å². The standard InChI is InChI=1S/C17H16N2O4S3/c20-26(21,19-12-6-7-14-15(10-12)23-11-22-14)9-3-8-24-17-18-13-4-1-2-5-16(13)25-17/h1-2,4-7,10,19H,3,8-9,11H2. The fourth-order valence-electron chi connectivity index (χ4n) is 2.51. The first-order valence-electron chi connectivity index (χ1n) is 7.98. The van der Waals surface area contributed by atoms with Crippen LogP contribution in [-0.4, -0.2) is 31.7 Å². The fraction of sp³-hybridized carbons (Fsp3) is 0.235. The van der Waals surface area contributed by atoms with Crippen molar-refractivity contribution in [2.75, 3.05) is 23.0 Å². The lowest BCUT2D eigenvalue weighted by molar-refractivity contribution is 0.174. The summed E-state index contributed by atoms with van der Waals surface area (Å²) in [5.74, 6) is 1.93. The molecular formula is C17H16N2O4S3. The minimum absolute atomic E-state index is 0.0549. The summed E-state index contributed by atoms with van der Waals surface area (Å²) in [6.45, 7) is 0.161. The molecule has 1 aromatic heterocycles. The largest absolute Gasteiger partial charge is 0.454 e. The molecule has 2 aromatic carbocycles. The molecule has 0 aliphatic carbocycles. The van der Waals surface area contributed by atoms with E-state index in [1.165, 1.54) is 0 Å². The number of thioether (sulfide) groups is 1. The number of nitrogens with one attached hydrogen (secondary N) is 1. The molecule has 26 heavy (non-hydrogen) atoms. The number of hydrogen-bond acceptors (Lipinski definition) is 7. The molecule has 1 aliphatic heterocycles. The van der Waals surface area contributed by atoms with Crippen LogP contribution in [0.15, 0.2) is 46.8 Å². The predicted molar refractivity (Wildman–Crippen MR) is 105 cm³/mol. The van der Waals surface area contributed by atoms with Crippen LogP contribution < -0.4 is 14.2 Å². The summed E-state index contributed by atoms with van der Waals surface area (Å²) < 4.78 is 39.7. The maximum absolute atomic E-state index is 12.2. The van der Waals surface area contributed by atoms with Gasteiger partial charge in [-0.1, -0.05) is 23.9 Å². The van der Waals surface area contributed by atoms with Gasteiger partial charge in [0.25, 0.3) is 0 Å². The van der Waals surface area contributed by atoms with Crippen molar-refractivity contribution < 1.29 is 17.9 Å². The van der Waals surface area contributed by atoms with Crippen LogP contribution >= 0.6 is 23.1 Å². The molecule has 0 bridgehead atoms. The Morgan fingerprint density at radius 2 is 2.00 bits per heavy atom. The summed E-state index contributed by atoms with van der Waals surface area (Å²) in [5.41, 5.74) is 1.46. The van der Waals surface area contributed by atoms with Crippen LogP contribution in [0.25, 0.3) is 10.2 Å². The number of benzene rings is 2. The van der Waals surface area contributed by atoms with Crippen molar-refractivity contribution in [1.29, 1.82) is 0 Å². The van der Waals surface area contributed by atoms with E-state index in [1.807, 2.05) is 24.3 Å². The number of nitrogens with zero attached hydrogens (tertiary/aromatic N) is 1. The number of rotatable bonds is 7. The molecule has 1 aliphatic rings. The summed E-state index contributed by atoms with van der Waals surface area (Å²) in [4.78, 5) is 4.54. The second-order valence-electron chi connectivity index (χ2n) is 5.64. The van der Waals surface area contributed by atoms with Gasteiger partial charge >= 0.3 is 0 Å². The van der Waals surface area contributed by atoms with E-state index in [0.29, 0.717) is 29.4 Å². The van der Waals surface area contributed by atoms with Crippen molar-refractivity contribution in [2.24, 2.45) is 0 Å². The average Bonchev–Trinajstić information content (AvgIpc) is 3.24. The number of ether oxygens (including phenoxy) is 2. The second kappa shape index (κ2) is 7.34. The maximum atomic E-state index is 12.2. The summed E-state index contributed by atoms with van der Waals surface area (Å²) in [6, 6.07) is 13.0. The van der Waals surface area contributed by atoms with Crippen molar-refractivity contribution in [2.45, 2.75) is 10.8 Å². The van der Waals surface area contributed by atoms with Gasteiger partial charge in [0.05, 0.1) is 21.7 Å². The van der Waals surface area contributed by atoms with Crippen molar-refractivity contribution in [1.82, 2.24) is 4.98 Å². The number of thiazole rings is 1. The molecule has 0 saturated carbocycles. The van der Waals surface area contributed by atoms with Crippen LogP contribution in [0.2, 0.25) is 0 Å². The summed E-state index contributed by atoms with van der Waals surface area (Å²) in [6.07, 6.45) is 0.542. The van der Waals surface area contributed by atoms with E-state index in [1.54, 1.807) is 41.3 Å². The summed E-state index contributed by atoms with van der Waals surface area (Å²) in [7, 11) is -3.41. The summed E-state index contributed by atoms with van der Waals surface area (Å²) >= 11 is 3.22. The normalized spacial score (nSPS) is 13.2. The quantitative estimate of drug-likeness (QED) is 0.471. The Balaban J connectivity index is 1.29. The molecule has 0 spiro atoms. The van der Waals surface area contributed by atoms with Gasteiger partial charge in [-0.3, -0.25) is 4.72 Å². The molecule has 0 amide bonds.